The largest absolute Gasteiger partial charge is 0.497 e. The number of aliphatic hydroxyl groups excluding tert-OH is 1. The Morgan fingerprint density at radius 1 is 0.893 bits per heavy atom. The van der Waals surface area contributed by atoms with E-state index in [1.807, 2.05) is 66.7 Å². The zero-order chi connectivity index (χ0) is 19.8. The molecular formula is C24H25NO3. The molecule has 0 aromatic heterocycles. The lowest BCUT2D eigenvalue weighted by molar-refractivity contribution is -0.120. The molecule has 2 N–H and O–H groups in total. The highest BCUT2D eigenvalue weighted by atomic mass is 16.5. The summed E-state index contributed by atoms with van der Waals surface area (Å²) >= 11 is 0. The molecule has 0 saturated carbocycles. The van der Waals surface area contributed by atoms with Crippen LogP contribution in [0.4, 0.5) is 0 Å². The molecule has 0 aliphatic rings. The van der Waals surface area contributed by atoms with Crippen LogP contribution in [-0.2, 0) is 17.6 Å². The number of amides is 1. The average Bonchev–Trinajstić information content (AvgIpc) is 2.74. The van der Waals surface area contributed by atoms with Crippen molar-refractivity contribution < 1.29 is 14.6 Å². The van der Waals surface area contributed by atoms with Crippen LogP contribution >= 0.6 is 0 Å². The van der Waals surface area contributed by atoms with Crippen LogP contribution in [0.1, 0.15) is 28.4 Å². The summed E-state index contributed by atoms with van der Waals surface area (Å²) in [6, 6.07) is 25.4. The van der Waals surface area contributed by atoms with Gasteiger partial charge in [-0.25, -0.2) is 0 Å². The van der Waals surface area contributed by atoms with E-state index in [4.69, 9.17) is 4.74 Å². The van der Waals surface area contributed by atoms with E-state index in [0.717, 1.165) is 23.3 Å². The second kappa shape index (κ2) is 9.72. The second-order valence-electron chi connectivity index (χ2n) is 6.75. The highest BCUT2D eigenvalue weighted by Gasteiger charge is 2.09. The van der Waals surface area contributed by atoms with Gasteiger partial charge in [-0.2, -0.15) is 0 Å². The van der Waals surface area contributed by atoms with E-state index in [9.17, 15) is 9.90 Å². The number of hydrogen-bond donors (Lipinski definition) is 2. The standard InChI is InChI=1S/C24H25NO3/c1-28-22-13-11-19(12-14-22)15-18-7-9-20(10-8-18)16-24(27)25-17-23(26)21-5-3-2-4-6-21/h2-14,23,26H,15-17H2,1H3,(H,25,27). The predicted molar refractivity (Wildman–Crippen MR) is 110 cm³/mol. The van der Waals surface area contributed by atoms with Gasteiger partial charge in [0, 0.05) is 6.54 Å². The van der Waals surface area contributed by atoms with Gasteiger partial charge in [0.15, 0.2) is 0 Å². The van der Waals surface area contributed by atoms with Crippen LogP contribution in [0.15, 0.2) is 78.9 Å². The molecule has 0 radical (unpaired) electrons. The number of nitrogens with one attached hydrogen (secondary N) is 1. The molecule has 3 rings (SSSR count). The van der Waals surface area contributed by atoms with E-state index in [1.165, 1.54) is 11.1 Å². The Balaban J connectivity index is 1.48. The minimum atomic E-state index is -0.697. The summed E-state index contributed by atoms with van der Waals surface area (Å²) in [4.78, 5) is 12.2. The zero-order valence-corrected chi connectivity index (χ0v) is 16.0. The molecule has 1 amide bonds. The Morgan fingerprint density at radius 3 is 2.07 bits per heavy atom. The molecule has 0 aliphatic carbocycles. The maximum Gasteiger partial charge on any atom is 0.224 e. The van der Waals surface area contributed by atoms with Gasteiger partial charge < -0.3 is 15.2 Å². The second-order valence-corrected chi connectivity index (χ2v) is 6.75. The van der Waals surface area contributed by atoms with Crippen LogP contribution in [0.3, 0.4) is 0 Å². The van der Waals surface area contributed by atoms with Gasteiger partial charge in [-0.15, -0.1) is 0 Å². The maximum atomic E-state index is 12.2. The van der Waals surface area contributed by atoms with Crippen LogP contribution in [0.5, 0.6) is 5.75 Å². The van der Waals surface area contributed by atoms with Gasteiger partial charge in [0.2, 0.25) is 5.91 Å². The van der Waals surface area contributed by atoms with E-state index >= 15 is 0 Å². The van der Waals surface area contributed by atoms with E-state index < -0.39 is 6.10 Å². The van der Waals surface area contributed by atoms with E-state index in [0.29, 0.717) is 6.42 Å². The molecule has 3 aromatic carbocycles. The summed E-state index contributed by atoms with van der Waals surface area (Å²) in [7, 11) is 1.66. The lowest BCUT2D eigenvalue weighted by Crippen LogP contribution is -2.29. The van der Waals surface area contributed by atoms with Crippen LogP contribution < -0.4 is 10.1 Å². The number of benzene rings is 3. The molecule has 0 saturated heterocycles. The number of carbonyl (C=O) groups is 1. The first-order chi connectivity index (χ1) is 13.6. The Kier molecular flexibility index (Phi) is 6.82. The minimum Gasteiger partial charge on any atom is -0.497 e. The maximum absolute atomic E-state index is 12.2. The lowest BCUT2D eigenvalue weighted by atomic mass is 10.0. The molecule has 0 heterocycles. The molecule has 3 aromatic rings. The van der Waals surface area contributed by atoms with E-state index in [2.05, 4.69) is 17.4 Å². The van der Waals surface area contributed by atoms with Crippen molar-refractivity contribution in [2.75, 3.05) is 13.7 Å². The molecule has 0 fully saturated rings. The monoisotopic (exact) mass is 375 g/mol. The number of rotatable bonds is 8. The Labute approximate surface area is 165 Å². The van der Waals surface area contributed by atoms with Crippen molar-refractivity contribution in [1.29, 1.82) is 0 Å². The number of ether oxygens (including phenoxy) is 1. The highest BCUT2D eigenvalue weighted by Crippen LogP contribution is 2.16. The molecule has 0 spiro atoms. The third kappa shape index (κ3) is 5.69. The Morgan fingerprint density at radius 2 is 1.46 bits per heavy atom. The van der Waals surface area contributed by atoms with Gasteiger partial charge in [-0.1, -0.05) is 66.7 Å². The Bertz CT molecular complexity index is 874. The van der Waals surface area contributed by atoms with Crippen molar-refractivity contribution >= 4 is 5.91 Å². The predicted octanol–water partition coefficient (Wildman–Crippen LogP) is 3.68. The third-order valence-electron chi connectivity index (χ3n) is 4.63. The summed E-state index contributed by atoms with van der Waals surface area (Å²) in [5.41, 5.74) is 4.14. The van der Waals surface area contributed by atoms with Crippen molar-refractivity contribution in [3.63, 3.8) is 0 Å². The van der Waals surface area contributed by atoms with Crippen molar-refractivity contribution in [3.05, 3.63) is 101 Å². The smallest absolute Gasteiger partial charge is 0.224 e. The molecule has 4 nitrogen and oxygen atoms in total. The zero-order valence-electron chi connectivity index (χ0n) is 16.0. The van der Waals surface area contributed by atoms with Crippen molar-refractivity contribution in [2.24, 2.45) is 0 Å². The molecule has 0 aliphatic heterocycles. The van der Waals surface area contributed by atoms with Crippen LogP contribution in [0, 0.1) is 0 Å². The van der Waals surface area contributed by atoms with Gasteiger partial charge in [-0.05, 0) is 40.8 Å². The molecule has 1 atom stereocenters. The first kappa shape index (κ1) is 19.6. The number of carbonyl (C=O) groups excluding carboxylic acids is 1. The van der Waals surface area contributed by atoms with Gasteiger partial charge in [0.1, 0.15) is 5.75 Å². The van der Waals surface area contributed by atoms with Crippen LogP contribution in [0.2, 0.25) is 0 Å². The first-order valence-electron chi connectivity index (χ1n) is 9.34. The molecule has 4 heteroatoms. The SMILES string of the molecule is COc1ccc(Cc2ccc(CC(=O)NCC(O)c3ccccc3)cc2)cc1. The molecular weight excluding hydrogens is 350 g/mol. The van der Waals surface area contributed by atoms with E-state index in [-0.39, 0.29) is 12.5 Å². The number of hydrogen-bond acceptors (Lipinski definition) is 3. The highest BCUT2D eigenvalue weighted by molar-refractivity contribution is 5.78. The summed E-state index contributed by atoms with van der Waals surface area (Å²) in [5, 5.41) is 12.9. The average molecular weight is 375 g/mol. The van der Waals surface area contributed by atoms with Crippen molar-refractivity contribution in [2.45, 2.75) is 18.9 Å². The summed E-state index contributed by atoms with van der Waals surface area (Å²) in [6.07, 6.45) is 0.432. The third-order valence-corrected chi connectivity index (χ3v) is 4.63. The summed E-state index contributed by atoms with van der Waals surface area (Å²) in [6.45, 7) is 0.207. The van der Waals surface area contributed by atoms with Gasteiger partial charge >= 0.3 is 0 Å². The summed E-state index contributed by atoms with van der Waals surface area (Å²) < 4.78 is 5.18. The van der Waals surface area contributed by atoms with Gasteiger partial charge in [-0.3, -0.25) is 4.79 Å². The minimum absolute atomic E-state index is 0.0992. The quantitative estimate of drug-likeness (QED) is 0.631. The van der Waals surface area contributed by atoms with E-state index in [1.54, 1.807) is 7.11 Å². The van der Waals surface area contributed by atoms with Crippen molar-refractivity contribution in [3.8, 4) is 5.75 Å². The molecule has 28 heavy (non-hydrogen) atoms. The fourth-order valence-electron chi connectivity index (χ4n) is 3.01. The normalized spacial score (nSPS) is 11.6. The first-order valence-corrected chi connectivity index (χ1v) is 9.34. The number of aliphatic hydroxyl groups is 1. The molecule has 0 bridgehead atoms. The van der Waals surface area contributed by atoms with Gasteiger partial charge in [0.25, 0.3) is 0 Å². The molecule has 1 unspecified atom stereocenters. The number of methoxy groups -OCH3 is 1. The van der Waals surface area contributed by atoms with Crippen molar-refractivity contribution in [1.82, 2.24) is 5.32 Å². The Hall–Kier alpha value is -3.11. The van der Waals surface area contributed by atoms with Crippen LogP contribution in [0.25, 0.3) is 0 Å². The fourth-order valence-corrected chi connectivity index (χ4v) is 3.01. The fraction of sp³-hybridized carbons (Fsp3) is 0.208. The molecule has 144 valence electrons. The topological polar surface area (TPSA) is 58.6 Å². The summed E-state index contributed by atoms with van der Waals surface area (Å²) in [5.74, 6) is 0.750. The van der Waals surface area contributed by atoms with Gasteiger partial charge in [0.05, 0.1) is 19.6 Å². The lowest BCUT2D eigenvalue weighted by Gasteiger charge is -2.12. The van der Waals surface area contributed by atoms with Crippen LogP contribution in [-0.4, -0.2) is 24.7 Å².